The number of nitrogens with zero attached hydrogens (tertiary/aromatic N) is 4. The van der Waals surface area contributed by atoms with Gasteiger partial charge in [0, 0.05) is 12.4 Å². The van der Waals surface area contributed by atoms with Crippen LogP contribution >= 0.6 is 0 Å². The van der Waals surface area contributed by atoms with Crippen LogP contribution in [0.1, 0.15) is 16.1 Å². The van der Waals surface area contributed by atoms with Gasteiger partial charge >= 0.3 is 0 Å². The number of nitrogens with one attached hydrogen (secondary N) is 1. The molecule has 0 aliphatic carbocycles. The van der Waals surface area contributed by atoms with Gasteiger partial charge in [0.1, 0.15) is 18.2 Å². The summed E-state index contributed by atoms with van der Waals surface area (Å²) < 4.78 is 13.5. The lowest BCUT2D eigenvalue weighted by atomic mass is 10.2. The molecule has 150 valence electrons. The molecule has 1 aromatic carbocycles. The molecule has 1 amide bonds. The van der Waals surface area contributed by atoms with Gasteiger partial charge in [0.2, 0.25) is 0 Å². The number of para-hydroxylation sites is 2. The smallest absolute Gasteiger partial charge is 0.253 e. The second-order valence-corrected chi connectivity index (χ2v) is 6.97. The van der Waals surface area contributed by atoms with Crippen LogP contribution in [0, 0.1) is 0 Å². The summed E-state index contributed by atoms with van der Waals surface area (Å²) >= 11 is 0. The fourth-order valence-electron chi connectivity index (χ4n) is 3.33. The number of benzene rings is 1. The third kappa shape index (κ3) is 3.67. The minimum atomic E-state index is -0.252. The summed E-state index contributed by atoms with van der Waals surface area (Å²) in [4.78, 5) is 25.7. The number of pyridine rings is 2. The molecular formula is C22H19N5O3. The van der Waals surface area contributed by atoms with E-state index in [2.05, 4.69) is 20.3 Å². The van der Waals surface area contributed by atoms with Gasteiger partial charge in [0.05, 0.1) is 30.7 Å². The Morgan fingerprint density at radius 3 is 2.83 bits per heavy atom. The number of carbonyl (C=O) groups is 1. The molecular weight excluding hydrogens is 382 g/mol. The Morgan fingerprint density at radius 1 is 1.10 bits per heavy atom. The molecule has 0 fully saturated rings. The van der Waals surface area contributed by atoms with E-state index in [0.29, 0.717) is 42.2 Å². The van der Waals surface area contributed by atoms with E-state index in [1.165, 1.54) is 0 Å². The highest BCUT2D eigenvalue weighted by Crippen LogP contribution is 2.30. The number of ether oxygens (including phenoxy) is 2. The molecule has 0 radical (unpaired) electrons. The Hall–Kier alpha value is -3.94. The van der Waals surface area contributed by atoms with Crippen LogP contribution in [-0.2, 0) is 6.54 Å². The lowest BCUT2D eigenvalue weighted by Gasteiger charge is -2.26. The molecule has 4 aromatic rings. The monoisotopic (exact) mass is 401 g/mol. The van der Waals surface area contributed by atoms with Crippen molar-refractivity contribution in [3.05, 3.63) is 78.5 Å². The van der Waals surface area contributed by atoms with Crippen LogP contribution in [-0.4, -0.2) is 44.7 Å². The zero-order valence-corrected chi connectivity index (χ0v) is 16.1. The van der Waals surface area contributed by atoms with Crippen LogP contribution < -0.4 is 14.8 Å². The van der Waals surface area contributed by atoms with Crippen LogP contribution in [0.25, 0.3) is 11.2 Å². The van der Waals surface area contributed by atoms with Crippen LogP contribution in [0.3, 0.4) is 0 Å². The molecule has 0 bridgehead atoms. The molecule has 0 saturated heterocycles. The van der Waals surface area contributed by atoms with Gasteiger partial charge in [-0.15, -0.1) is 0 Å². The summed E-state index contributed by atoms with van der Waals surface area (Å²) in [6, 6.07) is 15.0. The van der Waals surface area contributed by atoms with E-state index in [9.17, 15) is 4.79 Å². The highest BCUT2D eigenvalue weighted by Gasteiger charge is 2.21. The molecule has 0 saturated carbocycles. The van der Waals surface area contributed by atoms with E-state index in [4.69, 9.17) is 9.47 Å². The Labute approximate surface area is 172 Å². The highest BCUT2D eigenvalue weighted by atomic mass is 16.6. The van der Waals surface area contributed by atoms with Gasteiger partial charge in [-0.05, 0) is 30.3 Å². The van der Waals surface area contributed by atoms with E-state index >= 15 is 0 Å². The molecule has 3 aromatic heterocycles. The lowest BCUT2D eigenvalue weighted by Crippen LogP contribution is -2.40. The zero-order valence-electron chi connectivity index (χ0n) is 16.1. The van der Waals surface area contributed by atoms with Crippen molar-refractivity contribution in [1.82, 2.24) is 24.8 Å². The number of rotatable bonds is 5. The largest absolute Gasteiger partial charge is 0.486 e. The second kappa shape index (κ2) is 7.82. The average Bonchev–Trinajstić information content (AvgIpc) is 3.20. The standard InChI is InChI=1S/C22H19N5O3/c28-22(25-11-17-13-29-19-6-1-2-7-20(19)30-17)15-9-18-21(24-10-15)27(14-26-18)12-16-5-3-4-8-23-16/h1-10,14,17H,11-13H2,(H,25,28). The summed E-state index contributed by atoms with van der Waals surface area (Å²) in [6.45, 7) is 1.28. The fraction of sp³-hybridized carbons (Fsp3) is 0.182. The minimum absolute atomic E-state index is 0.230. The Kier molecular flexibility index (Phi) is 4.72. The molecule has 30 heavy (non-hydrogen) atoms. The van der Waals surface area contributed by atoms with Crippen molar-refractivity contribution in [2.75, 3.05) is 13.2 Å². The summed E-state index contributed by atoms with van der Waals surface area (Å²) in [6.07, 6.45) is 4.77. The van der Waals surface area contributed by atoms with Gasteiger partial charge < -0.3 is 19.4 Å². The first-order chi connectivity index (χ1) is 14.8. The van der Waals surface area contributed by atoms with Crippen LogP contribution in [0.15, 0.2) is 67.3 Å². The summed E-state index contributed by atoms with van der Waals surface area (Å²) in [5.74, 6) is 1.17. The normalized spacial score (nSPS) is 15.1. The van der Waals surface area contributed by atoms with Crippen molar-refractivity contribution in [3.63, 3.8) is 0 Å². The number of fused-ring (bicyclic) bond motifs is 2. The fourth-order valence-corrected chi connectivity index (χ4v) is 3.33. The quantitative estimate of drug-likeness (QED) is 0.552. The first-order valence-corrected chi connectivity index (χ1v) is 9.64. The van der Waals surface area contributed by atoms with Crippen LogP contribution in [0.4, 0.5) is 0 Å². The molecule has 1 N–H and O–H groups in total. The molecule has 4 heterocycles. The Bertz CT molecular complexity index is 1190. The number of amides is 1. The summed E-state index contributed by atoms with van der Waals surface area (Å²) in [5, 5.41) is 2.88. The maximum atomic E-state index is 12.6. The van der Waals surface area contributed by atoms with E-state index in [1.54, 1.807) is 24.8 Å². The summed E-state index contributed by atoms with van der Waals surface area (Å²) in [7, 11) is 0. The van der Waals surface area contributed by atoms with Gasteiger partial charge in [0.25, 0.3) is 5.91 Å². The van der Waals surface area contributed by atoms with Crippen molar-refractivity contribution in [1.29, 1.82) is 0 Å². The lowest BCUT2D eigenvalue weighted by molar-refractivity contribution is 0.0789. The maximum Gasteiger partial charge on any atom is 0.253 e. The molecule has 1 aliphatic heterocycles. The average molecular weight is 401 g/mol. The molecule has 1 atom stereocenters. The minimum Gasteiger partial charge on any atom is -0.486 e. The number of imidazole rings is 1. The van der Waals surface area contributed by atoms with Gasteiger partial charge in [-0.2, -0.15) is 0 Å². The number of carbonyl (C=O) groups excluding carboxylic acids is 1. The van der Waals surface area contributed by atoms with Crippen LogP contribution in [0.2, 0.25) is 0 Å². The van der Waals surface area contributed by atoms with E-state index in [1.807, 2.05) is 47.0 Å². The van der Waals surface area contributed by atoms with Gasteiger partial charge in [-0.1, -0.05) is 18.2 Å². The van der Waals surface area contributed by atoms with Gasteiger partial charge in [0.15, 0.2) is 17.1 Å². The highest BCUT2D eigenvalue weighted by molar-refractivity contribution is 5.96. The Morgan fingerprint density at radius 2 is 1.97 bits per heavy atom. The van der Waals surface area contributed by atoms with E-state index in [0.717, 1.165) is 11.4 Å². The number of aromatic nitrogens is 4. The van der Waals surface area contributed by atoms with E-state index in [-0.39, 0.29) is 12.0 Å². The first-order valence-electron chi connectivity index (χ1n) is 9.64. The van der Waals surface area contributed by atoms with Crippen molar-refractivity contribution in [3.8, 4) is 11.5 Å². The third-order valence-corrected chi connectivity index (χ3v) is 4.83. The second-order valence-electron chi connectivity index (χ2n) is 6.97. The molecule has 5 rings (SSSR count). The molecule has 8 nitrogen and oxygen atoms in total. The Balaban J connectivity index is 1.24. The predicted octanol–water partition coefficient (Wildman–Crippen LogP) is 2.44. The van der Waals surface area contributed by atoms with Crippen molar-refractivity contribution in [2.24, 2.45) is 0 Å². The molecule has 8 heteroatoms. The maximum absolute atomic E-state index is 12.6. The number of hydrogen-bond acceptors (Lipinski definition) is 6. The topological polar surface area (TPSA) is 91.2 Å². The first kappa shape index (κ1) is 18.1. The van der Waals surface area contributed by atoms with Crippen LogP contribution in [0.5, 0.6) is 11.5 Å². The third-order valence-electron chi connectivity index (χ3n) is 4.83. The molecule has 0 spiro atoms. The summed E-state index contributed by atoms with van der Waals surface area (Å²) in [5.41, 5.74) is 2.72. The zero-order chi connectivity index (χ0) is 20.3. The number of hydrogen-bond donors (Lipinski definition) is 1. The van der Waals surface area contributed by atoms with Crippen molar-refractivity contribution < 1.29 is 14.3 Å². The molecule has 1 unspecified atom stereocenters. The van der Waals surface area contributed by atoms with Crippen molar-refractivity contribution in [2.45, 2.75) is 12.6 Å². The van der Waals surface area contributed by atoms with Gasteiger partial charge in [-0.3, -0.25) is 9.78 Å². The molecule has 1 aliphatic rings. The van der Waals surface area contributed by atoms with E-state index < -0.39 is 0 Å². The van der Waals surface area contributed by atoms with Crippen molar-refractivity contribution >= 4 is 17.1 Å². The predicted molar refractivity (Wildman–Crippen MR) is 110 cm³/mol. The SMILES string of the molecule is O=C(NCC1COc2ccccc2O1)c1cnc2c(c1)ncn2Cc1ccccn1. The van der Waals surface area contributed by atoms with Gasteiger partial charge in [-0.25, -0.2) is 9.97 Å².